The van der Waals surface area contributed by atoms with Gasteiger partial charge in [0.2, 0.25) is 0 Å². The number of aryl methyl sites for hydroxylation is 2. The number of rotatable bonds is 3. The van der Waals surface area contributed by atoms with Gasteiger partial charge in [-0.3, -0.25) is 9.59 Å². The number of aromatic nitrogens is 1. The third kappa shape index (κ3) is 3.61. The predicted molar refractivity (Wildman–Crippen MR) is 92.3 cm³/mol. The molecule has 2 aromatic rings. The van der Waals surface area contributed by atoms with E-state index < -0.39 is 0 Å². The van der Waals surface area contributed by atoms with Gasteiger partial charge in [-0.05, 0) is 38.1 Å². The monoisotopic (exact) mass is 349 g/mol. The van der Waals surface area contributed by atoms with Crippen LogP contribution >= 0.6 is 22.7 Å². The first-order chi connectivity index (χ1) is 11.0. The third-order valence-corrected chi connectivity index (χ3v) is 5.82. The van der Waals surface area contributed by atoms with Gasteiger partial charge < -0.3 is 10.2 Å². The van der Waals surface area contributed by atoms with E-state index >= 15 is 0 Å². The van der Waals surface area contributed by atoms with Crippen molar-refractivity contribution < 1.29 is 9.59 Å². The largest absolute Gasteiger partial charge is 0.347 e. The molecule has 0 radical (unpaired) electrons. The van der Waals surface area contributed by atoms with Crippen LogP contribution < -0.4 is 5.32 Å². The smallest absolute Gasteiger partial charge is 0.263 e. The second-order valence-electron chi connectivity index (χ2n) is 5.69. The second kappa shape index (κ2) is 6.80. The fourth-order valence-corrected chi connectivity index (χ4v) is 4.34. The molecule has 1 saturated heterocycles. The standard InChI is InChI=1S/C16H19N3O2S2/c1-10-14(23-11(2)17-10)15(20)18-12-5-3-7-19(9-12)16(21)13-6-4-8-22-13/h4,6,8,12H,3,5,7,9H2,1-2H3,(H,18,20). The van der Waals surface area contributed by atoms with E-state index in [2.05, 4.69) is 10.3 Å². The SMILES string of the molecule is Cc1nc(C)c(C(=O)NC2CCCN(C(=O)c3cccs3)C2)s1. The number of thiazole rings is 1. The minimum absolute atomic E-state index is 0.00182. The van der Waals surface area contributed by atoms with Gasteiger partial charge in [0.25, 0.3) is 11.8 Å². The van der Waals surface area contributed by atoms with E-state index in [-0.39, 0.29) is 17.9 Å². The lowest BCUT2D eigenvalue weighted by molar-refractivity contribution is 0.0680. The van der Waals surface area contributed by atoms with Gasteiger partial charge in [0.1, 0.15) is 4.88 Å². The molecule has 1 atom stereocenters. The highest BCUT2D eigenvalue weighted by Crippen LogP contribution is 2.20. The van der Waals surface area contributed by atoms with Crippen LogP contribution in [0.25, 0.3) is 0 Å². The van der Waals surface area contributed by atoms with Crippen molar-refractivity contribution in [2.75, 3.05) is 13.1 Å². The summed E-state index contributed by atoms with van der Waals surface area (Å²) >= 11 is 2.87. The summed E-state index contributed by atoms with van der Waals surface area (Å²) in [5, 5.41) is 5.86. The zero-order valence-electron chi connectivity index (χ0n) is 13.2. The molecule has 0 aromatic carbocycles. The van der Waals surface area contributed by atoms with Crippen LogP contribution in [0.3, 0.4) is 0 Å². The van der Waals surface area contributed by atoms with Crippen molar-refractivity contribution in [2.24, 2.45) is 0 Å². The third-order valence-electron chi connectivity index (χ3n) is 3.89. The zero-order valence-corrected chi connectivity index (χ0v) is 14.8. The van der Waals surface area contributed by atoms with Gasteiger partial charge in [0.15, 0.2) is 0 Å². The van der Waals surface area contributed by atoms with Crippen LogP contribution in [0.2, 0.25) is 0 Å². The summed E-state index contributed by atoms with van der Waals surface area (Å²) in [6.07, 6.45) is 1.81. The number of amides is 2. The first kappa shape index (κ1) is 16.1. The second-order valence-corrected chi connectivity index (χ2v) is 7.84. The highest BCUT2D eigenvalue weighted by atomic mass is 32.1. The van der Waals surface area contributed by atoms with Crippen LogP contribution in [-0.4, -0.2) is 40.8 Å². The molecule has 0 bridgehead atoms. The summed E-state index contributed by atoms with van der Waals surface area (Å²) < 4.78 is 0. The van der Waals surface area contributed by atoms with Crippen molar-refractivity contribution in [1.82, 2.24) is 15.2 Å². The van der Waals surface area contributed by atoms with Gasteiger partial charge >= 0.3 is 0 Å². The molecule has 122 valence electrons. The first-order valence-electron chi connectivity index (χ1n) is 7.62. The van der Waals surface area contributed by atoms with Gasteiger partial charge in [0, 0.05) is 19.1 Å². The van der Waals surface area contributed by atoms with E-state index in [1.807, 2.05) is 36.3 Å². The van der Waals surface area contributed by atoms with Crippen molar-refractivity contribution in [2.45, 2.75) is 32.7 Å². The highest BCUT2D eigenvalue weighted by Gasteiger charge is 2.27. The number of carbonyl (C=O) groups excluding carboxylic acids is 2. The number of hydrogen-bond acceptors (Lipinski definition) is 5. The lowest BCUT2D eigenvalue weighted by Crippen LogP contribution is -2.49. The van der Waals surface area contributed by atoms with Gasteiger partial charge in [-0.15, -0.1) is 22.7 Å². The molecule has 1 aliphatic heterocycles. The summed E-state index contributed by atoms with van der Waals surface area (Å²) in [6.45, 7) is 5.07. The molecule has 3 rings (SSSR count). The summed E-state index contributed by atoms with van der Waals surface area (Å²) in [6, 6.07) is 3.73. The van der Waals surface area contributed by atoms with Crippen LogP contribution in [-0.2, 0) is 0 Å². The van der Waals surface area contributed by atoms with Crippen LogP contribution in [0.4, 0.5) is 0 Å². The van der Waals surface area contributed by atoms with Gasteiger partial charge in [0.05, 0.1) is 15.6 Å². The minimum atomic E-state index is -0.0801. The zero-order chi connectivity index (χ0) is 16.4. The average molecular weight is 349 g/mol. The number of nitrogens with zero attached hydrogens (tertiary/aromatic N) is 2. The van der Waals surface area contributed by atoms with Gasteiger partial charge in [-0.1, -0.05) is 6.07 Å². The molecular formula is C16H19N3O2S2. The van der Waals surface area contributed by atoms with Gasteiger partial charge in [-0.2, -0.15) is 0 Å². The van der Waals surface area contributed by atoms with Gasteiger partial charge in [-0.25, -0.2) is 4.98 Å². The van der Waals surface area contributed by atoms with Crippen LogP contribution in [0.5, 0.6) is 0 Å². The summed E-state index contributed by atoms with van der Waals surface area (Å²) in [4.78, 5) is 32.4. The van der Waals surface area contributed by atoms with E-state index in [9.17, 15) is 9.59 Å². The maximum atomic E-state index is 12.4. The fraction of sp³-hybridized carbons (Fsp3) is 0.438. The molecule has 5 nitrogen and oxygen atoms in total. The van der Waals surface area contributed by atoms with E-state index in [1.54, 1.807) is 0 Å². The lowest BCUT2D eigenvalue weighted by Gasteiger charge is -2.32. The van der Waals surface area contributed by atoms with Crippen molar-refractivity contribution in [1.29, 1.82) is 0 Å². The molecule has 1 fully saturated rings. The van der Waals surface area contributed by atoms with Crippen molar-refractivity contribution in [3.8, 4) is 0 Å². The number of hydrogen-bond donors (Lipinski definition) is 1. The molecule has 1 N–H and O–H groups in total. The molecule has 3 heterocycles. The van der Waals surface area contributed by atoms with Crippen molar-refractivity contribution in [3.63, 3.8) is 0 Å². The van der Waals surface area contributed by atoms with Crippen LogP contribution in [0, 0.1) is 13.8 Å². The molecule has 0 spiro atoms. The maximum absolute atomic E-state index is 12.4. The molecule has 0 saturated carbocycles. The van der Waals surface area contributed by atoms with E-state index in [1.165, 1.54) is 22.7 Å². The molecular weight excluding hydrogens is 330 g/mol. The Morgan fingerprint density at radius 2 is 2.22 bits per heavy atom. The quantitative estimate of drug-likeness (QED) is 0.927. The van der Waals surface area contributed by atoms with Crippen molar-refractivity contribution >= 4 is 34.5 Å². The number of likely N-dealkylation sites (tertiary alicyclic amines) is 1. The fourth-order valence-electron chi connectivity index (χ4n) is 2.83. The topological polar surface area (TPSA) is 62.3 Å². The van der Waals surface area contributed by atoms with Crippen molar-refractivity contribution in [3.05, 3.63) is 38.0 Å². The normalized spacial score (nSPS) is 18.0. The Morgan fingerprint density at radius 1 is 1.39 bits per heavy atom. The Labute approximate surface area is 143 Å². The number of piperidine rings is 1. The molecule has 1 unspecified atom stereocenters. The number of nitrogens with one attached hydrogen (secondary N) is 1. The first-order valence-corrected chi connectivity index (χ1v) is 9.32. The van der Waals surface area contributed by atoms with E-state index in [4.69, 9.17) is 0 Å². The molecule has 2 amide bonds. The number of thiophene rings is 1. The molecule has 2 aromatic heterocycles. The Hall–Kier alpha value is -1.73. The highest BCUT2D eigenvalue weighted by molar-refractivity contribution is 7.13. The summed E-state index contributed by atoms with van der Waals surface area (Å²) in [7, 11) is 0. The Kier molecular flexibility index (Phi) is 4.77. The van der Waals surface area contributed by atoms with E-state index in [0.717, 1.165) is 35.0 Å². The van der Waals surface area contributed by atoms with Crippen LogP contribution in [0.1, 0.15) is 42.9 Å². The van der Waals surface area contributed by atoms with Crippen LogP contribution in [0.15, 0.2) is 17.5 Å². The molecule has 23 heavy (non-hydrogen) atoms. The lowest BCUT2D eigenvalue weighted by atomic mass is 10.1. The molecule has 1 aliphatic rings. The maximum Gasteiger partial charge on any atom is 0.263 e. The predicted octanol–water partition coefficient (Wildman–Crippen LogP) is 2.86. The minimum Gasteiger partial charge on any atom is -0.347 e. The molecule has 7 heteroatoms. The Morgan fingerprint density at radius 3 is 2.87 bits per heavy atom. The molecule has 0 aliphatic carbocycles. The summed E-state index contributed by atoms with van der Waals surface area (Å²) in [5.74, 6) is -0.0210. The number of carbonyl (C=O) groups is 2. The van der Waals surface area contributed by atoms with E-state index in [0.29, 0.717) is 11.4 Å². The Balaban J connectivity index is 1.64. The Bertz CT molecular complexity index is 709. The average Bonchev–Trinajstić information content (AvgIpc) is 3.16. The summed E-state index contributed by atoms with van der Waals surface area (Å²) in [5.41, 5.74) is 0.771.